The monoisotopic (exact) mass is 448 g/mol. The fourth-order valence-electron chi connectivity index (χ4n) is 3.89. The second-order valence-electron chi connectivity index (χ2n) is 7.96. The van der Waals surface area contributed by atoms with E-state index in [4.69, 9.17) is 21.1 Å². The van der Waals surface area contributed by atoms with Crippen molar-refractivity contribution in [1.29, 1.82) is 0 Å². The summed E-state index contributed by atoms with van der Waals surface area (Å²) < 4.78 is 51.4. The van der Waals surface area contributed by atoms with E-state index in [1.54, 1.807) is 0 Å². The number of ether oxygens (including phenoxy) is 2. The molecule has 2 N–H and O–H groups in total. The molecule has 1 aromatic carbocycles. The molecule has 1 saturated carbocycles. The van der Waals surface area contributed by atoms with Gasteiger partial charge in [-0.05, 0) is 25.0 Å². The summed E-state index contributed by atoms with van der Waals surface area (Å²) in [5, 5.41) is 4.77. The van der Waals surface area contributed by atoms with Crippen molar-refractivity contribution in [3.05, 3.63) is 23.2 Å². The van der Waals surface area contributed by atoms with E-state index >= 15 is 0 Å². The zero-order valence-electron chi connectivity index (χ0n) is 16.8. The fraction of sp³-hybridized carbons (Fsp3) is 0.667. The first-order valence-corrected chi connectivity index (χ1v) is 11.0. The van der Waals surface area contributed by atoms with E-state index in [2.05, 4.69) is 5.32 Å². The lowest BCUT2D eigenvalue weighted by Gasteiger charge is -2.30. The highest BCUT2D eigenvalue weighted by Gasteiger charge is 2.65. The molecular weight excluding hydrogens is 421 g/mol. The van der Waals surface area contributed by atoms with Crippen LogP contribution >= 0.6 is 11.6 Å². The van der Waals surface area contributed by atoms with E-state index in [0.717, 1.165) is 51.4 Å². The zero-order valence-corrected chi connectivity index (χ0v) is 17.6. The zero-order chi connectivity index (χ0) is 21.6. The number of fused-ring (bicyclic) bond motifs is 1. The number of urea groups is 1. The number of hydrogen-bond donors (Lipinski definition) is 2. The number of rotatable bonds is 2. The van der Waals surface area contributed by atoms with Crippen molar-refractivity contribution < 1.29 is 27.4 Å². The average molecular weight is 449 g/mol. The number of nitrogens with one attached hydrogen (secondary N) is 2. The van der Waals surface area contributed by atoms with Gasteiger partial charge in [-0.3, -0.25) is 5.32 Å². The van der Waals surface area contributed by atoms with Gasteiger partial charge >= 0.3 is 18.1 Å². The quantitative estimate of drug-likeness (QED) is 0.558. The second-order valence-corrected chi connectivity index (χ2v) is 8.40. The lowest BCUT2D eigenvalue weighted by Crippen LogP contribution is -2.66. The van der Waals surface area contributed by atoms with Gasteiger partial charge in [0.25, 0.3) is 0 Å². The summed E-state index contributed by atoms with van der Waals surface area (Å²) >= 11 is 5.82. The Morgan fingerprint density at radius 2 is 1.47 bits per heavy atom. The van der Waals surface area contributed by atoms with Gasteiger partial charge in [-0.1, -0.05) is 69.4 Å². The van der Waals surface area contributed by atoms with Crippen molar-refractivity contribution in [3.63, 3.8) is 0 Å². The molecule has 1 aromatic rings. The van der Waals surface area contributed by atoms with Crippen LogP contribution in [0, 0.1) is 0 Å². The first kappa shape index (κ1) is 22.8. The first-order chi connectivity index (χ1) is 14.3. The molecule has 1 aliphatic heterocycles. The molecule has 168 valence electrons. The summed E-state index contributed by atoms with van der Waals surface area (Å²) in [7, 11) is 0. The Balaban J connectivity index is 1.64. The summed E-state index contributed by atoms with van der Waals surface area (Å²) in [6.45, 7) is 0. The van der Waals surface area contributed by atoms with Crippen molar-refractivity contribution in [2.24, 2.45) is 0 Å². The molecule has 5 nitrogen and oxygen atoms in total. The van der Waals surface area contributed by atoms with Gasteiger partial charge in [0.1, 0.15) is 0 Å². The normalized spacial score (nSPS) is 23.9. The third-order valence-corrected chi connectivity index (χ3v) is 5.74. The van der Waals surface area contributed by atoms with E-state index in [0.29, 0.717) is 0 Å². The van der Waals surface area contributed by atoms with Crippen molar-refractivity contribution in [2.45, 2.75) is 88.8 Å². The van der Waals surface area contributed by atoms with Crippen molar-refractivity contribution in [1.82, 2.24) is 10.6 Å². The largest absolute Gasteiger partial charge is 0.492 e. The molecular formula is C21H28ClF3N2O3. The predicted octanol–water partition coefficient (Wildman–Crippen LogP) is 6.30. The minimum absolute atomic E-state index is 0.136. The molecule has 1 atom stereocenters. The van der Waals surface area contributed by atoms with Crippen LogP contribution in [-0.4, -0.2) is 24.2 Å². The summed E-state index contributed by atoms with van der Waals surface area (Å²) in [4.78, 5) is 12.5. The molecule has 1 aliphatic carbocycles. The Hall–Kier alpha value is -1.83. The molecule has 0 spiro atoms. The standard InChI is InChI=1S/C21H28ClF3N2O3/c22-15-12-13-17-18(14-15)30-21(29-17,20(23,24)25)27-19(28)26-16-10-8-6-4-2-1-3-5-7-9-11-16/h12-14,16H,1-11H2,(H2,26,27,28)/t21-/m0/s1. The maximum atomic E-state index is 13.8. The maximum absolute atomic E-state index is 13.8. The first-order valence-electron chi connectivity index (χ1n) is 10.6. The molecule has 0 bridgehead atoms. The van der Waals surface area contributed by atoms with Crippen LogP contribution in [0.15, 0.2) is 18.2 Å². The maximum Gasteiger partial charge on any atom is 0.492 e. The Morgan fingerprint density at radius 3 is 2.03 bits per heavy atom. The predicted molar refractivity (Wildman–Crippen MR) is 108 cm³/mol. The van der Waals surface area contributed by atoms with Crippen LogP contribution < -0.4 is 20.1 Å². The summed E-state index contributed by atoms with van der Waals surface area (Å²) in [6.07, 6.45) is 6.48. The molecule has 0 unspecified atom stereocenters. The number of carbonyl (C=O) groups is 1. The molecule has 2 aliphatic rings. The highest BCUT2D eigenvalue weighted by molar-refractivity contribution is 6.30. The highest BCUT2D eigenvalue weighted by Crippen LogP contribution is 2.46. The summed E-state index contributed by atoms with van der Waals surface area (Å²) in [5.74, 6) is -3.59. The Kier molecular flexibility index (Phi) is 7.60. The highest BCUT2D eigenvalue weighted by atomic mass is 35.5. The molecule has 0 saturated heterocycles. The number of carbonyl (C=O) groups excluding carboxylic acids is 1. The third-order valence-electron chi connectivity index (χ3n) is 5.50. The second kappa shape index (κ2) is 9.98. The SMILES string of the molecule is O=C(NC1CCCCCCCCCCC1)N[C@@]1(C(F)(F)F)Oc2ccc(Cl)cc2O1. The van der Waals surface area contributed by atoms with Gasteiger partial charge in [0.15, 0.2) is 11.5 Å². The molecule has 1 fully saturated rings. The van der Waals surface area contributed by atoms with Crippen molar-refractivity contribution in [3.8, 4) is 11.5 Å². The van der Waals surface area contributed by atoms with Gasteiger partial charge < -0.3 is 14.8 Å². The van der Waals surface area contributed by atoms with E-state index in [-0.39, 0.29) is 22.6 Å². The van der Waals surface area contributed by atoms with Crippen LogP contribution in [0.3, 0.4) is 0 Å². The number of hydrogen-bond acceptors (Lipinski definition) is 3. The smallest absolute Gasteiger partial charge is 0.424 e. The van der Waals surface area contributed by atoms with Crippen molar-refractivity contribution in [2.75, 3.05) is 0 Å². The Labute approximate surface area is 179 Å². The van der Waals surface area contributed by atoms with E-state index < -0.39 is 18.1 Å². The number of benzene rings is 1. The Morgan fingerprint density at radius 1 is 0.933 bits per heavy atom. The molecule has 0 aromatic heterocycles. The Bertz CT molecular complexity index is 720. The topological polar surface area (TPSA) is 59.6 Å². The molecule has 1 heterocycles. The summed E-state index contributed by atoms with van der Waals surface area (Å²) in [6, 6.07) is 2.73. The van der Waals surface area contributed by atoms with Crippen LogP contribution in [0.1, 0.15) is 70.6 Å². The number of alkyl halides is 3. The number of halogens is 4. The molecule has 0 radical (unpaired) electrons. The molecule has 2 amide bonds. The lowest BCUT2D eigenvalue weighted by molar-refractivity contribution is -0.317. The van der Waals surface area contributed by atoms with Crippen LogP contribution in [0.4, 0.5) is 18.0 Å². The minimum Gasteiger partial charge on any atom is -0.424 e. The fourth-order valence-corrected chi connectivity index (χ4v) is 4.05. The van der Waals surface area contributed by atoms with Crippen LogP contribution in [0.25, 0.3) is 0 Å². The van der Waals surface area contributed by atoms with Gasteiger partial charge in [-0.2, -0.15) is 13.2 Å². The van der Waals surface area contributed by atoms with E-state index in [1.165, 1.54) is 37.5 Å². The average Bonchev–Trinajstić information content (AvgIpc) is 3.02. The van der Waals surface area contributed by atoms with Gasteiger partial charge in [0, 0.05) is 17.1 Å². The number of amides is 2. The molecule has 9 heteroatoms. The van der Waals surface area contributed by atoms with E-state index in [1.807, 2.05) is 5.32 Å². The molecule has 3 rings (SSSR count). The van der Waals surface area contributed by atoms with Gasteiger partial charge in [0.05, 0.1) is 0 Å². The van der Waals surface area contributed by atoms with Crippen LogP contribution in [-0.2, 0) is 0 Å². The van der Waals surface area contributed by atoms with E-state index in [9.17, 15) is 18.0 Å². The van der Waals surface area contributed by atoms with Gasteiger partial charge in [0.2, 0.25) is 0 Å². The van der Waals surface area contributed by atoms with Crippen LogP contribution in [0.2, 0.25) is 5.02 Å². The van der Waals surface area contributed by atoms with Gasteiger partial charge in [-0.15, -0.1) is 0 Å². The lowest BCUT2D eigenvalue weighted by atomic mass is 9.98. The summed E-state index contributed by atoms with van der Waals surface area (Å²) in [5.41, 5.74) is 0. The minimum atomic E-state index is -5.00. The molecule has 30 heavy (non-hydrogen) atoms. The van der Waals surface area contributed by atoms with Crippen molar-refractivity contribution >= 4 is 17.6 Å². The van der Waals surface area contributed by atoms with Gasteiger partial charge in [-0.25, -0.2) is 4.79 Å². The van der Waals surface area contributed by atoms with Crippen LogP contribution in [0.5, 0.6) is 11.5 Å². The third kappa shape index (κ3) is 5.86.